The zero-order valence-electron chi connectivity index (χ0n) is 24.3. The van der Waals surface area contributed by atoms with Crippen LogP contribution in [0.1, 0.15) is 49.1 Å². The second-order valence-corrected chi connectivity index (χ2v) is 11.9. The molecule has 0 bridgehead atoms. The lowest BCUT2D eigenvalue weighted by Crippen LogP contribution is -2.60. The second-order valence-electron chi connectivity index (χ2n) is 11.0. The highest BCUT2D eigenvalue weighted by Gasteiger charge is 2.47. The number of ether oxygens (including phenoxy) is 1. The van der Waals surface area contributed by atoms with Crippen LogP contribution in [0.3, 0.4) is 0 Å². The largest absolute Gasteiger partial charge is 0.378 e. The van der Waals surface area contributed by atoms with Crippen molar-refractivity contribution in [1.29, 1.82) is 0 Å². The molecule has 2 amide bonds. The third-order valence-electron chi connectivity index (χ3n) is 8.00. The molecule has 3 aromatic rings. The number of anilines is 2. The van der Waals surface area contributed by atoms with E-state index in [-0.39, 0.29) is 24.1 Å². The standard InChI is InChI=1S/C32H38FN5O3S/c1-23-20-24(2)35-31(34-23)42-22-29(39)38(21-25-8-4-5-9-28(25)33)32(14-6-3-7-15-32)30(40)36-26-10-12-27(13-11-26)37-16-18-41-19-17-37/h4-5,8-13,20H,3,6-7,14-19,21-22H2,1-2H3,(H,36,40). The van der Waals surface area contributed by atoms with E-state index in [1.54, 1.807) is 23.1 Å². The van der Waals surface area contributed by atoms with Gasteiger partial charge < -0.3 is 19.9 Å². The summed E-state index contributed by atoms with van der Waals surface area (Å²) < 4.78 is 20.4. The third-order valence-corrected chi connectivity index (χ3v) is 8.83. The molecule has 1 saturated heterocycles. The van der Waals surface area contributed by atoms with Gasteiger partial charge in [-0.2, -0.15) is 0 Å². The van der Waals surface area contributed by atoms with Crippen molar-refractivity contribution in [2.75, 3.05) is 42.3 Å². The van der Waals surface area contributed by atoms with E-state index < -0.39 is 11.4 Å². The van der Waals surface area contributed by atoms with E-state index in [1.165, 1.54) is 17.8 Å². The number of hydrogen-bond acceptors (Lipinski definition) is 7. The first-order valence-electron chi connectivity index (χ1n) is 14.6. The minimum atomic E-state index is -1.11. The van der Waals surface area contributed by atoms with Gasteiger partial charge in [0, 0.05) is 48.0 Å². The maximum atomic E-state index is 14.9. The summed E-state index contributed by atoms with van der Waals surface area (Å²) in [6.07, 6.45) is 3.61. The summed E-state index contributed by atoms with van der Waals surface area (Å²) >= 11 is 1.24. The number of benzene rings is 2. The quantitative estimate of drug-likeness (QED) is 0.259. The molecule has 2 aliphatic rings. The van der Waals surface area contributed by atoms with Crippen LogP contribution in [-0.4, -0.2) is 64.3 Å². The lowest BCUT2D eigenvalue weighted by atomic mass is 9.79. The molecule has 1 N–H and O–H groups in total. The van der Waals surface area contributed by atoms with Crippen LogP contribution in [0.4, 0.5) is 15.8 Å². The number of rotatable bonds is 9. The number of thioether (sulfide) groups is 1. The van der Waals surface area contributed by atoms with Crippen molar-refractivity contribution in [3.05, 3.63) is 77.4 Å². The second kappa shape index (κ2) is 13.6. The van der Waals surface area contributed by atoms with Crippen LogP contribution >= 0.6 is 11.8 Å². The van der Waals surface area contributed by atoms with Gasteiger partial charge in [-0.1, -0.05) is 49.2 Å². The predicted molar refractivity (Wildman–Crippen MR) is 163 cm³/mol. The summed E-state index contributed by atoms with van der Waals surface area (Å²) in [5.74, 6) is -0.837. The number of nitrogens with zero attached hydrogens (tertiary/aromatic N) is 4. The normalized spacial score (nSPS) is 16.6. The number of carbonyl (C=O) groups excluding carboxylic acids is 2. The molecule has 10 heteroatoms. The minimum absolute atomic E-state index is 0.00313. The van der Waals surface area contributed by atoms with Gasteiger partial charge in [-0.05, 0) is 63.1 Å². The van der Waals surface area contributed by atoms with Gasteiger partial charge in [0.05, 0.1) is 19.0 Å². The Labute approximate surface area is 251 Å². The van der Waals surface area contributed by atoms with Crippen LogP contribution in [0.25, 0.3) is 0 Å². The number of carbonyl (C=O) groups is 2. The number of amides is 2. The third kappa shape index (κ3) is 7.10. The van der Waals surface area contributed by atoms with Crippen LogP contribution < -0.4 is 10.2 Å². The Morgan fingerprint density at radius 3 is 2.33 bits per heavy atom. The molecule has 1 aliphatic heterocycles. The highest BCUT2D eigenvalue weighted by atomic mass is 32.2. The average molecular weight is 592 g/mol. The maximum Gasteiger partial charge on any atom is 0.250 e. The van der Waals surface area contributed by atoms with Gasteiger partial charge >= 0.3 is 0 Å². The van der Waals surface area contributed by atoms with Gasteiger partial charge in [0.25, 0.3) is 0 Å². The molecule has 2 heterocycles. The number of halogens is 1. The van der Waals surface area contributed by atoms with Crippen LogP contribution in [0.2, 0.25) is 0 Å². The van der Waals surface area contributed by atoms with Gasteiger partial charge in [0.15, 0.2) is 5.16 Å². The van der Waals surface area contributed by atoms with Crippen molar-refractivity contribution >= 4 is 35.0 Å². The van der Waals surface area contributed by atoms with Crippen LogP contribution in [0.15, 0.2) is 59.8 Å². The first-order valence-corrected chi connectivity index (χ1v) is 15.6. The topological polar surface area (TPSA) is 87.7 Å². The molecule has 0 atom stereocenters. The zero-order valence-corrected chi connectivity index (χ0v) is 25.1. The Morgan fingerprint density at radius 2 is 1.67 bits per heavy atom. The average Bonchev–Trinajstić information content (AvgIpc) is 3.00. The van der Waals surface area contributed by atoms with E-state index in [1.807, 2.05) is 44.2 Å². The molecular weight excluding hydrogens is 553 g/mol. The molecule has 1 saturated carbocycles. The molecule has 1 aliphatic carbocycles. The van der Waals surface area contributed by atoms with Gasteiger partial charge in [-0.15, -0.1) is 0 Å². The van der Waals surface area contributed by atoms with E-state index >= 15 is 0 Å². The summed E-state index contributed by atoms with van der Waals surface area (Å²) in [5.41, 5.74) is 2.66. The van der Waals surface area contributed by atoms with E-state index in [0.29, 0.717) is 42.5 Å². The summed E-state index contributed by atoms with van der Waals surface area (Å²) in [4.78, 5) is 41.0. The van der Waals surface area contributed by atoms with Gasteiger partial charge in [-0.3, -0.25) is 9.59 Å². The molecule has 0 radical (unpaired) electrons. The maximum absolute atomic E-state index is 14.9. The van der Waals surface area contributed by atoms with Gasteiger partial charge in [-0.25, -0.2) is 14.4 Å². The van der Waals surface area contributed by atoms with Gasteiger partial charge in [0.1, 0.15) is 11.4 Å². The van der Waals surface area contributed by atoms with Crippen LogP contribution in [-0.2, 0) is 20.9 Å². The summed E-state index contributed by atoms with van der Waals surface area (Å²) in [7, 11) is 0. The number of aromatic nitrogens is 2. The van der Waals surface area contributed by atoms with Gasteiger partial charge in [0.2, 0.25) is 11.8 Å². The Hall–Kier alpha value is -3.50. The number of morpholine rings is 1. The monoisotopic (exact) mass is 591 g/mol. The van der Waals surface area contributed by atoms with E-state index in [4.69, 9.17) is 4.74 Å². The molecule has 2 fully saturated rings. The molecule has 0 spiro atoms. The van der Waals surface area contributed by atoms with Crippen molar-refractivity contribution in [2.45, 2.75) is 63.2 Å². The predicted octanol–water partition coefficient (Wildman–Crippen LogP) is 5.53. The fraction of sp³-hybridized carbons (Fsp3) is 0.438. The van der Waals surface area contributed by atoms with Crippen LogP contribution in [0.5, 0.6) is 0 Å². The number of aryl methyl sites for hydroxylation is 2. The molecule has 1 aromatic heterocycles. The fourth-order valence-electron chi connectivity index (χ4n) is 5.82. The molecule has 0 unspecified atom stereocenters. The molecule has 42 heavy (non-hydrogen) atoms. The molecule has 5 rings (SSSR count). The van der Waals surface area contributed by atoms with Crippen molar-refractivity contribution in [1.82, 2.24) is 14.9 Å². The zero-order chi connectivity index (χ0) is 29.5. The Kier molecular flexibility index (Phi) is 9.74. The highest BCUT2D eigenvalue weighted by molar-refractivity contribution is 7.99. The highest BCUT2D eigenvalue weighted by Crippen LogP contribution is 2.37. The fourth-order valence-corrected chi connectivity index (χ4v) is 6.64. The SMILES string of the molecule is Cc1cc(C)nc(SCC(=O)N(Cc2ccccc2F)C2(C(=O)Nc3ccc(N4CCOCC4)cc3)CCCCC2)n1. The van der Waals surface area contributed by atoms with E-state index in [2.05, 4.69) is 20.2 Å². The number of nitrogens with one attached hydrogen (secondary N) is 1. The summed E-state index contributed by atoms with van der Waals surface area (Å²) in [6, 6.07) is 16.1. The van der Waals surface area contributed by atoms with Crippen molar-refractivity contribution in [3.8, 4) is 0 Å². The summed E-state index contributed by atoms with van der Waals surface area (Å²) in [5, 5.41) is 3.61. The molecule has 222 valence electrons. The Balaban J connectivity index is 1.41. The smallest absolute Gasteiger partial charge is 0.250 e. The first kappa shape index (κ1) is 30.0. The van der Waals surface area contributed by atoms with Crippen molar-refractivity contribution < 1.29 is 18.7 Å². The lowest BCUT2D eigenvalue weighted by molar-refractivity contribution is -0.146. The molecular formula is C32H38FN5O3S. The lowest BCUT2D eigenvalue weighted by Gasteiger charge is -2.45. The first-order chi connectivity index (χ1) is 20.3. The number of hydrogen-bond donors (Lipinski definition) is 1. The molecule has 8 nitrogen and oxygen atoms in total. The van der Waals surface area contributed by atoms with Crippen molar-refractivity contribution in [2.24, 2.45) is 0 Å². The van der Waals surface area contributed by atoms with E-state index in [9.17, 15) is 14.0 Å². The minimum Gasteiger partial charge on any atom is -0.378 e. The Morgan fingerprint density at radius 1 is 1.00 bits per heavy atom. The summed E-state index contributed by atoms with van der Waals surface area (Å²) in [6.45, 7) is 6.82. The van der Waals surface area contributed by atoms with Crippen LogP contribution in [0, 0.1) is 19.7 Å². The van der Waals surface area contributed by atoms with E-state index in [0.717, 1.165) is 49.4 Å². The molecule has 2 aromatic carbocycles. The Bertz CT molecular complexity index is 1370. The van der Waals surface area contributed by atoms with Crippen molar-refractivity contribution in [3.63, 3.8) is 0 Å².